The van der Waals surface area contributed by atoms with Crippen LogP contribution in [0, 0.1) is 17.8 Å². The fourth-order valence-electron chi connectivity index (χ4n) is 4.45. The monoisotopic (exact) mass is 456 g/mol. The summed E-state index contributed by atoms with van der Waals surface area (Å²) >= 11 is 6.71. The first-order chi connectivity index (χ1) is 14.7. The fraction of sp³-hybridized carbons (Fsp3) is 0.478. The molecule has 0 aliphatic carbocycles. The number of hydrogen-bond donors (Lipinski definition) is 0. The Balaban J connectivity index is 1.84. The van der Waals surface area contributed by atoms with Gasteiger partial charge in [0.1, 0.15) is 15.8 Å². The number of thiocarbonyl (C=S) groups is 1. The molecular weight excluding hydrogens is 428 g/mol. The zero-order valence-corrected chi connectivity index (χ0v) is 20.0. The van der Waals surface area contributed by atoms with Crippen LogP contribution in [0.15, 0.2) is 34.1 Å². The number of fused-ring (bicyclic) bond motifs is 1. The van der Waals surface area contributed by atoms with E-state index in [4.69, 9.17) is 17.2 Å². The number of rotatable bonds is 4. The first-order valence-corrected chi connectivity index (χ1v) is 12.0. The summed E-state index contributed by atoms with van der Waals surface area (Å²) in [6.45, 7) is 10.8. The number of nitrogens with zero attached hydrogens (tertiary/aromatic N) is 4. The molecule has 0 bridgehead atoms. The molecule has 4 rings (SSSR count). The molecule has 2 fully saturated rings. The summed E-state index contributed by atoms with van der Waals surface area (Å²) in [5.41, 5.74) is 0.897. The molecule has 6 nitrogen and oxygen atoms in total. The third-order valence-corrected chi connectivity index (χ3v) is 6.99. The maximum Gasteiger partial charge on any atom is 0.267 e. The molecule has 0 radical (unpaired) electrons. The topological polar surface area (TPSA) is 57.9 Å². The number of aromatic nitrogens is 2. The number of thioether (sulfide) groups is 1. The molecule has 2 aliphatic heterocycles. The van der Waals surface area contributed by atoms with Crippen LogP contribution in [0.5, 0.6) is 0 Å². The van der Waals surface area contributed by atoms with Crippen LogP contribution in [0.4, 0.5) is 5.82 Å². The first-order valence-electron chi connectivity index (χ1n) is 10.8. The number of carbonyl (C=O) groups excluding carboxylic acids is 1. The highest BCUT2D eigenvalue weighted by Crippen LogP contribution is 2.35. The van der Waals surface area contributed by atoms with Crippen LogP contribution >= 0.6 is 24.0 Å². The molecule has 0 aromatic carbocycles. The van der Waals surface area contributed by atoms with Gasteiger partial charge in [-0.05, 0) is 42.4 Å². The van der Waals surface area contributed by atoms with Gasteiger partial charge in [-0.2, -0.15) is 0 Å². The smallest absolute Gasteiger partial charge is 0.267 e. The fourth-order valence-corrected chi connectivity index (χ4v) is 5.70. The summed E-state index contributed by atoms with van der Waals surface area (Å²) in [6.07, 6.45) is 4.58. The van der Waals surface area contributed by atoms with Crippen LogP contribution in [-0.4, -0.2) is 44.1 Å². The van der Waals surface area contributed by atoms with Gasteiger partial charge < -0.3 is 4.90 Å². The van der Waals surface area contributed by atoms with Gasteiger partial charge in [0.25, 0.3) is 11.5 Å². The number of piperidine rings is 1. The van der Waals surface area contributed by atoms with E-state index in [0.717, 1.165) is 19.5 Å². The zero-order valence-electron chi connectivity index (χ0n) is 18.4. The van der Waals surface area contributed by atoms with Crippen LogP contribution in [0.3, 0.4) is 0 Å². The second kappa shape index (κ2) is 8.74. The van der Waals surface area contributed by atoms with Gasteiger partial charge in [-0.1, -0.05) is 57.7 Å². The Morgan fingerprint density at radius 1 is 1.23 bits per heavy atom. The summed E-state index contributed by atoms with van der Waals surface area (Å²) in [7, 11) is 0. The van der Waals surface area contributed by atoms with Gasteiger partial charge in [0.2, 0.25) is 0 Å². The molecule has 2 aromatic heterocycles. The van der Waals surface area contributed by atoms with Crippen molar-refractivity contribution in [2.24, 2.45) is 17.8 Å². The Labute approximate surface area is 192 Å². The van der Waals surface area contributed by atoms with Gasteiger partial charge in [0, 0.05) is 25.8 Å². The van der Waals surface area contributed by atoms with Crippen molar-refractivity contribution < 1.29 is 4.79 Å². The summed E-state index contributed by atoms with van der Waals surface area (Å²) in [5.74, 6) is 1.85. The highest BCUT2D eigenvalue weighted by molar-refractivity contribution is 8.26. The van der Waals surface area contributed by atoms with Gasteiger partial charge in [-0.3, -0.25) is 18.9 Å². The number of pyridine rings is 1. The lowest BCUT2D eigenvalue weighted by Gasteiger charge is -2.36. The molecule has 2 aromatic rings. The summed E-state index contributed by atoms with van der Waals surface area (Å²) in [5, 5.41) is 0. The Hall–Kier alpha value is -2.19. The summed E-state index contributed by atoms with van der Waals surface area (Å²) < 4.78 is 2.08. The third-order valence-electron chi connectivity index (χ3n) is 5.61. The van der Waals surface area contributed by atoms with E-state index in [0.29, 0.717) is 50.6 Å². The zero-order chi connectivity index (χ0) is 22.3. The van der Waals surface area contributed by atoms with Crippen molar-refractivity contribution in [2.45, 2.75) is 34.1 Å². The van der Waals surface area contributed by atoms with Crippen LogP contribution < -0.4 is 10.5 Å². The van der Waals surface area contributed by atoms with Crippen LogP contribution in [0.25, 0.3) is 11.7 Å². The lowest BCUT2D eigenvalue weighted by atomic mass is 9.91. The van der Waals surface area contributed by atoms with Gasteiger partial charge in [0.05, 0.1) is 10.5 Å². The minimum atomic E-state index is -0.166. The van der Waals surface area contributed by atoms with E-state index < -0.39 is 0 Å². The lowest BCUT2D eigenvalue weighted by molar-refractivity contribution is -0.122. The molecule has 2 saturated heterocycles. The van der Waals surface area contributed by atoms with Crippen molar-refractivity contribution in [3.05, 3.63) is 45.2 Å². The largest absolute Gasteiger partial charge is 0.355 e. The Kier molecular flexibility index (Phi) is 6.21. The molecule has 0 unspecified atom stereocenters. The van der Waals surface area contributed by atoms with E-state index in [1.807, 2.05) is 18.2 Å². The molecule has 1 amide bonds. The predicted molar refractivity (Wildman–Crippen MR) is 131 cm³/mol. The van der Waals surface area contributed by atoms with Crippen molar-refractivity contribution >= 4 is 51.7 Å². The number of carbonyl (C=O) groups is 1. The highest BCUT2D eigenvalue weighted by atomic mass is 32.2. The minimum Gasteiger partial charge on any atom is -0.355 e. The van der Waals surface area contributed by atoms with Crippen molar-refractivity contribution in [2.75, 3.05) is 24.5 Å². The molecule has 2 atom stereocenters. The average Bonchev–Trinajstić information content (AvgIpc) is 2.96. The van der Waals surface area contributed by atoms with E-state index >= 15 is 0 Å². The SMILES string of the molecule is CC(C)CN1C(=O)/C(=C/c2c(N3C[C@H](C)C[C@@H](C)C3)nc3ccccn3c2=O)SC1=S. The highest BCUT2D eigenvalue weighted by Gasteiger charge is 2.33. The van der Waals surface area contributed by atoms with Crippen molar-refractivity contribution in [3.63, 3.8) is 0 Å². The Morgan fingerprint density at radius 3 is 2.61 bits per heavy atom. The van der Waals surface area contributed by atoms with Gasteiger partial charge in [-0.25, -0.2) is 4.98 Å². The van der Waals surface area contributed by atoms with E-state index in [1.54, 1.807) is 21.6 Å². The normalized spacial score (nSPS) is 23.6. The number of amides is 1. The molecular formula is C23H28N4O2S2. The quantitative estimate of drug-likeness (QED) is 0.511. The standard InChI is InChI=1S/C23H28N4O2S2/c1-14(2)11-27-22(29)18(31-23(27)30)10-17-20(25-12-15(3)9-16(4)13-25)24-19-7-5-6-8-26(19)21(17)28/h5-8,10,14-16H,9,11-13H2,1-4H3/b18-10-/t15-,16-/m1/s1. The molecule has 164 valence electrons. The van der Waals surface area contributed by atoms with Crippen LogP contribution in [0.1, 0.15) is 39.7 Å². The molecule has 31 heavy (non-hydrogen) atoms. The first kappa shape index (κ1) is 22.0. The van der Waals surface area contributed by atoms with Crippen LogP contribution in [0.2, 0.25) is 0 Å². The van der Waals surface area contributed by atoms with Gasteiger partial charge >= 0.3 is 0 Å². The van der Waals surface area contributed by atoms with Crippen molar-refractivity contribution in [3.8, 4) is 0 Å². The van der Waals surface area contributed by atoms with E-state index in [-0.39, 0.29) is 11.5 Å². The number of hydrogen-bond acceptors (Lipinski definition) is 6. The van der Waals surface area contributed by atoms with E-state index in [9.17, 15) is 9.59 Å². The van der Waals surface area contributed by atoms with E-state index in [2.05, 4.69) is 32.6 Å². The van der Waals surface area contributed by atoms with Crippen LogP contribution in [-0.2, 0) is 4.79 Å². The van der Waals surface area contributed by atoms with E-state index in [1.165, 1.54) is 11.8 Å². The summed E-state index contributed by atoms with van der Waals surface area (Å²) in [4.78, 5) is 35.7. The maximum atomic E-state index is 13.5. The minimum absolute atomic E-state index is 0.132. The molecule has 0 spiro atoms. The second-order valence-electron chi connectivity index (χ2n) is 9.12. The number of anilines is 1. The lowest BCUT2D eigenvalue weighted by Crippen LogP contribution is -2.40. The van der Waals surface area contributed by atoms with Gasteiger partial charge in [0.15, 0.2) is 0 Å². The predicted octanol–water partition coefficient (Wildman–Crippen LogP) is 4.03. The molecule has 2 aliphatic rings. The second-order valence-corrected chi connectivity index (χ2v) is 10.8. The molecule has 4 heterocycles. The van der Waals surface area contributed by atoms with Crippen molar-refractivity contribution in [1.29, 1.82) is 0 Å². The molecule has 0 N–H and O–H groups in total. The van der Waals surface area contributed by atoms with Crippen molar-refractivity contribution in [1.82, 2.24) is 14.3 Å². The summed E-state index contributed by atoms with van der Waals surface area (Å²) in [6, 6.07) is 5.53. The molecule has 8 heteroatoms. The Morgan fingerprint density at radius 2 is 1.94 bits per heavy atom. The van der Waals surface area contributed by atoms with Gasteiger partial charge in [-0.15, -0.1) is 0 Å². The average molecular weight is 457 g/mol. The third kappa shape index (κ3) is 4.41. The maximum absolute atomic E-state index is 13.5. The Bertz CT molecular complexity index is 1110. The molecule has 0 saturated carbocycles.